The number of carbonyl (C=O) groups is 3. The molecule has 0 unspecified atom stereocenters. The number of likely N-dealkylation sites (tertiary alicyclic amines) is 1. The highest BCUT2D eigenvalue weighted by atomic mass is 16.4. The summed E-state index contributed by atoms with van der Waals surface area (Å²) >= 11 is 0. The second-order valence-electron chi connectivity index (χ2n) is 8.15. The quantitative estimate of drug-likeness (QED) is 0.721. The van der Waals surface area contributed by atoms with Crippen LogP contribution in [0.4, 0.5) is 4.79 Å². The Hall–Kier alpha value is -2.64. The first-order valence-corrected chi connectivity index (χ1v) is 9.76. The summed E-state index contributed by atoms with van der Waals surface area (Å²) in [6.45, 7) is 2.37. The molecule has 0 bridgehead atoms. The molecule has 8 nitrogen and oxygen atoms in total. The molecular formula is C20H25N3O5. The summed E-state index contributed by atoms with van der Waals surface area (Å²) in [7, 11) is 3.10. The lowest BCUT2D eigenvalue weighted by Crippen LogP contribution is -2.56. The van der Waals surface area contributed by atoms with Crippen molar-refractivity contribution in [1.29, 1.82) is 0 Å². The molecule has 1 aliphatic carbocycles. The van der Waals surface area contributed by atoms with Crippen molar-refractivity contribution in [2.24, 2.45) is 0 Å². The molecule has 4 rings (SSSR count). The van der Waals surface area contributed by atoms with Crippen molar-refractivity contribution in [1.82, 2.24) is 14.7 Å². The van der Waals surface area contributed by atoms with Crippen molar-refractivity contribution in [2.45, 2.75) is 50.5 Å². The molecule has 28 heavy (non-hydrogen) atoms. The lowest BCUT2D eigenvalue weighted by Gasteiger charge is -2.40. The number of aryl methyl sites for hydroxylation is 1. The van der Waals surface area contributed by atoms with Crippen molar-refractivity contribution < 1.29 is 18.8 Å². The third-order valence-electron chi connectivity index (χ3n) is 6.69. The molecular weight excluding hydrogens is 362 g/mol. The molecule has 4 amide bonds. The van der Waals surface area contributed by atoms with E-state index in [0.717, 1.165) is 24.2 Å². The maximum atomic E-state index is 13.0. The van der Waals surface area contributed by atoms with E-state index in [-0.39, 0.29) is 29.3 Å². The second-order valence-corrected chi connectivity index (χ2v) is 8.15. The number of amides is 4. The van der Waals surface area contributed by atoms with E-state index in [0.29, 0.717) is 37.3 Å². The number of piperidine rings is 1. The average molecular weight is 387 g/mol. The summed E-state index contributed by atoms with van der Waals surface area (Å²) in [6, 6.07) is 1.49. The molecule has 3 heterocycles. The summed E-state index contributed by atoms with van der Waals surface area (Å²) in [5, 5.41) is 0. The molecule has 0 radical (unpaired) electrons. The first-order chi connectivity index (χ1) is 13.3. The molecule has 0 N–H and O–H groups in total. The third kappa shape index (κ3) is 2.57. The van der Waals surface area contributed by atoms with Crippen LogP contribution in [0.25, 0.3) is 0 Å². The van der Waals surface area contributed by atoms with Gasteiger partial charge in [-0.15, -0.1) is 0 Å². The minimum Gasteiger partial charge on any atom is -0.427 e. The number of imide groups is 1. The molecule has 1 spiro atoms. The van der Waals surface area contributed by atoms with Crippen LogP contribution in [-0.4, -0.2) is 65.3 Å². The highest BCUT2D eigenvalue weighted by molar-refractivity contribution is 6.07. The lowest BCUT2D eigenvalue weighted by atomic mass is 9.83. The topological polar surface area (TPSA) is 91.1 Å². The monoisotopic (exact) mass is 387 g/mol. The van der Waals surface area contributed by atoms with Gasteiger partial charge < -0.3 is 14.2 Å². The van der Waals surface area contributed by atoms with Gasteiger partial charge in [0.1, 0.15) is 16.9 Å². The standard InChI is InChI=1S/C20H25N3O5/c1-12-11-14(13-5-4-6-13)28-17(25)15(12)16(24)23-9-7-20(8-10-23)18(26)21(2)19(27)22(20)3/h11,13H,4-10H2,1-3H3. The Labute approximate surface area is 163 Å². The number of hydrogen-bond donors (Lipinski definition) is 0. The van der Waals surface area contributed by atoms with E-state index in [1.165, 1.54) is 11.9 Å². The molecule has 8 heteroatoms. The van der Waals surface area contributed by atoms with Crippen molar-refractivity contribution >= 4 is 17.8 Å². The number of nitrogens with zero attached hydrogens (tertiary/aromatic N) is 3. The van der Waals surface area contributed by atoms with E-state index in [1.807, 2.05) is 6.07 Å². The summed E-state index contributed by atoms with van der Waals surface area (Å²) in [4.78, 5) is 54.4. The molecule has 1 aromatic rings. The fourth-order valence-corrected chi connectivity index (χ4v) is 4.52. The summed E-state index contributed by atoms with van der Waals surface area (Å²) in [5.41, 5.74) is -0.780. The molecule has 2 aliphatic heterocycles. The van der Waals surface area contributed by atoms with E-state index in [1.54, 1.807) is 18.9 Å². The predicted molar refractivity (Wildman–Crippen MR) is 100 cm³/mol. The Morgan fingerprint density at radius 3 is 2.25 bits per heavy atom. The molecule has 1 saturated carbocycles. The van der Waals surface area contributed by atoms with E-state index >= 15 is 0 Å². The summed E-state index contributed by atoms with van der Waals surface area (Å²) < 4.78 is 5.44. The van der Waals surface area contributed by atoms with E-state index in [4.69, 9.17) is 4.42 Å². The molecule has 0 atom stereocenters. The van der Waals surface area contributed by atoms with Gasteiger partial charge in [-0.3, -0.25) is 14.5 Å². The van der Waals surface area contributed by atoms with E-state index < -0.39 is 11.2 Å². The Morgan fingerprint density at radius 2 is 1.79 bits per heavy atom. The Morgan fingerprint density at radius 1 is 1.14 bits per heavy atom. The minimum atomic E-state index is -0.892. The van der Waals surface area contributed by atoms with E-state index in [2.05, 4.69) is 0 Å². The Bertz CT molecular complexity index is 909. The maximum Gasteiger partial charge on any atom is 0.349 e. The number of rotatable bonds is 2. The maximum absolute atomic E-state index is 13.0. The smallest absolute Gasteiger partial charge is 0.349 e. The third-order valence-corrected chi connectivity index (χ3v) is 6.69. The van der Waals surface area contributed by atoms with Crippen LogP contribution in [0.2, 0.25) is 0 Å². The normalized spacial score (nSPS) is 22.2. The van der Waals surface area contributed by atoms with Crippen LogP contribution < -0.4 is 5.63 Å². The van der Waals surface area contributed by atoms with Gasteiger partial charge in [-0.1, -0.05) is 6.42 Å². The zero-order valence-electron chi connectivity index (χ0n) is 16.5. The van der Waals surface area contributed by atoms with Crippen molar-refractivity contribution in [3.8, 4) is 0 Å². The van der Waals surface area contributed by atoms with Crippen molar-refractivity contribution in [3.05, 3.63) is 33.4 Å². The Balaban J connectivity index is 1.53. The molecule has 150 valence electrons. The number of hydrogen-bond acceptors (Lipinski definition) is 5. The summed E-state index contributed by atoms with van der Waals surface area (Å²) in [5.74, 6) is 0.355. The largest absolute Gasteiger partial charge is 0.427 e. The van der Waals surface area contributed by atoms with Gasteiger partial charge in [-0.05, 0) is 44.2 Å². The second kappa shape index (κ2) is 6.46. The zero-order chi connectivity index (χ0) is 20.2. The van der Waals surface area contributed by atoms with Gasteiger partial charge in [0.05, 0.1) is 0 Å². The molecule has 1 aromatic heterocycles. The fraction of sp³-hybridized carbons (Fsp3) is 0.600. The lowest BCUT2D eigenvalue weighted by molar-refractivity contribution is -0.134. The van der Waals surface area contributed by atoms with Gasteiger partial charge in [0.2, 0.25) is 0 Å². The van der Waals surface area contributed by atoms with E-state index in [9.17, 15) is 19.2 Å². The SMILES string of the molecule is Cc1cc(C2CCC2)oc(=O)c1C(=O)N1CCC2(CC1)C(=O)N(C)C(=O)N2C. The molecule has 0 aromatic carbocycles. The van der Waals surface area contributed by atoms with Gasteiger partial charge in [0, 0.05) is 33.1 Å². The van der Waals surface area contributed by atoms with Crippen LogP contribution in [-0.2, 0) is 4.79 Å². The molecule has 2 saturated heterocycles. The summed E-state index contributed by atoms with van der Waals surface area (Å²) in [6.07, 6.45) is 3.87. The fourth-order valence-electron chi connectivity index (χ4n) is 4.52. The van der Waals surface area contributed by atoms with Crippen LogP contribution in [0.1, 0.15) is 59.7 Å². The highest BCUT2D eigenvalue weighted by Crippen LogP contribution is 2.37. The predicted octanol–water partition coefficient (Wildman–Crippen LogP) is 1.71. The molecule has 3 aliphatic rings. The Kier molecular flexibility index (Phi) is 4.32. The first-order valence-electron chi connectivity index (χ1n) is 9.76. The number of carbonyl (C=O) groups excluding carboxylic acids is 3. The number of likely N-dealkylation sites (N-methyl/N-ethyl adjacent to an activating group) is 2. The van der Waals surface area contributed by atoms with Crippen molar-refractivity contribution in [3.63, 3.8) is 0 Å². The van der Waals surface area contributed by atoms with Gasteiger partial charge in [0.15, 0.2) is 0 Å². The van der Waals surface area contributed by atoms with Gasteiger partial charge in [0.25, 0.3) is 11.8 Å². The van der Waals surface area contributed by atoms with Crippen LogP contribution in [0.5, 0.6) is 0 Å². The molecule has 3 fully saturated rings. The van der Waals surface area contributed by atoms with Crippen LogP contribution >= 0.6 is 0 Å². The highest BCUT2D eigenvalue weighted by Gasteiger charge is 2.55. The zero-order valence-corrected chi connectivity index (χ0v) is 16.5. The average Bonchev–Trinajstić information content (AvgIpc) is 2.76. The van der Waals surface area contributed by atoms with Gasteiger partial charge >= 0.3 is 11.7 Å². The van der Waals surface area contributed by atoms with Crippen LogP contribution in [0, 0.1) is 6.92 Å². The van der Waals surface area contributed by atoms with Gasteiger partial charge in [-0.25, -0.2) is 9.59 Å². The minimum absolute atomic E-state index is 0.0679. The van der Waals surface area contributed by atoms with Gasteiger partial charge in [-0.2, -0.15) is 0 Å². The number of urea groups is 1. The van der Waals surface area contributed by atoms with Crippen LogP contribution in [0.15, 0.2) is 15.3 Å². The van der Waals surface area contributed by atoms with Crippen LogP contribution in [0.3, 0.4) is 0 Å². The van der Waals surface area contributed by atoms with Crippen molar-refractivity contribution in [2.75, 3.05) is 27.2 Å². The first kappa shape index (κ1) is 18.7.